The molecule has 1 aromatic heterocycles. The molecule has 0 radical (unpaired) electrons. The number of carbonyl (C=O) groups excluding carboxylic acids is 2. The summed E-state index contributed by atoms with van der Waals surface area (Å²) in [5.74, 6) is -2.82. The maximum atomic E-state index is 14.0. The van der Waals surface area contributed by atoms with Crippen molar-refractivity contribution in [3.05, 3.63) is 63.6 Å². The number of hydrogen-bond donors (Lipinski definition) is 0. The number of amides is 1. The molecule has 2 heterocycles. The summed E-state index contributed by atoms with van der Waals surface area (Å²) in [5.41, 5.74) is 0.177. The highest BCUT2D eigenvalue weighted by molar-refractivity contribution is 6.02. The molecule has 0 N–H and O–H groups in total. The summed E-state index contributed by atoms with van der Waals surface area (Å²) < 4.78 is 37.5. The number of esters is 1. The highest BCUT2D eigenvalue weighted by Gasteiger charge is 2.37. The van der Waals surface area contributed by atoms with Crippen LogP contribution in [0.5, 0.6) is 5.75 Å². The normalized spacial score (nSPS) is 13.3. The van der Waals surface area contributed by atoms with Crippen molar-refractivity contribution in [3.63, 3.8) is 0 Å². The predicted octanol–water partition coefficient (Wildman–Crippen LogP) is 1.98. The SMILES string of the molecule is CCOC(=O)c1c2c(c(OC)c[n+]1[O-])C(=O)N(Cc1ccc(F)cc1F)CC2. The average molecular weight is 392 g/mol. The van der Waals surface area contributed by atoms with Crippen molar-refractivity contribution in [1.29, 1.82) is 0 Å². The van der Waals surface area contributed by atoms with Crippen LogP contribution in [0, 0.1) is 16.8 Å². The zero-order valence-electron chi connectivity index (χ0n) is 15.3. The average Bonchev–Trinajstić information content (AvgIpc) is 2.65. The molecule has 1 aliphatic rings. The number of rotatable bonds is 5. The number of carbonyl (C=O) groups is 2. The third-order valence-electron chi connectivity index (χ3n) is 4.49. The smallest absolute Gasteiger partial charge is 0.405 e. The molecule has 148 valence electrons. The van der Waals surface area contributed by atoms with E-state index in [1.807, 2.05) is 0 Å². The molecule has 9 heteroatoms. The van der Waals surface area contributed by atoms with E-state index in [1.54, 1.807) is 6.92 Å². The van der Waals surface area contributed by atoms with Crippen molar-refractivity contribution in [2.75, 3.05) is 20.3 Å². The quantitative estimate of drug-likeness (QED) is 0.442. The lowest BCUT2D eigenvalue weighted by Crippen LogP contribution is -2.44. The van der Waals surface area contributed by atoms with E-state index in [1.165, 1.54) is 18.1 Å². The van der Waals surface area contributed by atoms with Gasteiger partial charge >= 0.3 is 11.7 Å². The number of halogens is 2. The maximum Gasteiger partial charge on any atom is 0.405 e. The highest BCUT2D eigenvalue weighted by atomic mass is 19.1. The van der Waals surface area contributed by atoms with Gasteiger partial charge < -0.3 is 19.6 Å². The molecule has 0 unspecified atom stereocenters. The molecule has 3 rings (SSSR count). The Morgan fingerprint density at radius 3 is 2.75 bits per heavy atom. The number of ether oxygens (including phenoxy) is 2. The number of fused-ring (bicyclic) bond motifs is 1. The van der Waals surface area contributed by atoms with Crippen LogP contribution in [-0.4, -0.2) is 37.0 Å². The number of hydrogen-bond acceptors (Lipinski definition) is 5. The third kappa shape index (κ3) is 3.47. The Labute approximate surface area is 159 Å². The Balaban J connectivity index is 2.01. The van der Waals surface area contributed by atoms with Crippen LogP contribution < -0.4 is 9.47 Å². The van der Waals surface area contributed by atoms with Crippen LogP contribution in [0.15, 0.2) is 24.4 Å². The molecule has 0 fully saturated rings. The summed E-state index contributed by atoms with van der Waals surface area (Å²) in [4.78, 5) is 26.6. The first-order chi connectivity index (χ1) is 13.4. The van der Waals surface area contributed by atoms with Crippen LogP contribution in [0.2, 0.25) is 0 Å². The fourth-order valence-electron chi connectivity index (χ4n) is 3.19. The van der Waals surface area contributed by atoms with Gasteiger partial charge in [-0.05, 0) is 19.4 Å². The molecule has 0 bridgehead atoms. The molecular formula is C19H18F2N2O5. The van der Waals surface area contributed by atoms with Gasteiger partial charge in [0.15, 0.2) is 5.75 Å². The molecule has 0 atom stereocenters. The van der Waals surface area contributed by atoms with Crippen molar-refractivity contribution < 1.29 is 32.6 Å². The molecule has 2 aromatic rings. The molecule has 28 heavy (non-hydrogen) atoms. The minimum atomic E-state index is -0.831. The lowest BCUT2D eigenvalue weighted by atomic mass is 9.96. The summed E-state index contributed by atoms with van der Waals surface area (Å²) in [5, 5.41) is 12.3. The number of aromatic nitrogens is 1. The van der Waals surface area contributed by atoms with E-state index in [9.17, 15) is 23.6 Å². The van der Waals surface area contributed by atoms with Crippen LogP contribution in [0.4, 0.5) is 8.78 Å². The van der Waals surface area contributed by atoms with Gasteiger partial charge in [0.1, 0.15) is 11.6 Å². The predicted molar refractivity (Wildman–Crippen MR) is 92.7 cm³/mol. The number of pyridine rings is 1. The van der Waals surface area contributed by atoms with Crippen molar-refractivity contribution >= 4 is 11.9 Å². The van der Waals surface area contributed by atoms with Gasteiger partial charge in [-0.25, -0.2) is 13.6 Å². The largest absolute Gasteiger partial charge is 0.618 e. The van der Waals surface area contributed by atoms with Crippen molar-refractivity contribution in [3.8, 4) is 5.75 Å². The van der Waals surface area contributed by atoms with Gasteiger partial charge in [0.05, 0.1) is 24.8 Å². The van der Waals surface area contributed by atoms with E-state index in [0.29, 0.717) is 4.73 Å². The first kappa shape index (κ1) is 19.5. The lowest BCUT2D eigenvalue weighted by molar-refractivity contribution is -0.609. The Hall–Kier alpha value is -3.23. The van der Waals surface area contributed by atoms with Crippen molar-refractivity contribution in [2.24, 2.45) is 0 Å². The zero-order chi connectivity index (χ0) is 20.4. The van der Waals surface area contributed by atoms with Crippen LogP contribution in [0.25, 0.3) is 0 Å². The van der Waals surface area contributed by atoms with Gasteiger partial charge in [0.2, 0.25) is 6.20 Å². The van der Waals surface area contributed by atoms with Crippen LogP contribution in [0.3, 0.4) is 0 Å². The van der Waals surface area contributed by atoms with Gasteiger partial charge in [-0.3, -0.25) is 4.79 Å². The molecule has 0 saturated heterocycles. The van der Waals surface area contributed by atoms with E-state index < -0.39 is 23.5 Å². The summed E-state index contributed by atoms with van der Waals surface area (Å²) in [6, 6.07) is 3.13. The third-order valence-corrected chi connectivity index (χ3v) is 4.49. The van der Waals surface area contributed by atoms with Crippen molar-refractivity contribution in [1.82, 2.24) is 4.90 Å². The lowest BCUT2D eigenvalue weighted by Gasteiger charge is -2.29. The van der Waals surface area contributed by atoms with E-state index in [2.05, 4.69) is 0 Å². The minimum absolute atomic E-state index is 0.00678. The van der Waals surface area contributed by atoms with E-state index in [-0.39, 0.29) is 54.3 Å². The Morgan fingerprint density at radius 2 is 2.11 bits per heavy atom. The second-order valence-electron chi connectivity index (χ2n) is 6.16. The number of nitrogens with zero attached hydrogens (tertiary/aromatic N) is 2. The molecule has 1 amide bonds. The molecule has 0 saturated carbocycles. The summed E-state index contributed by atoms with van der Waals surface area (Å²) in [7, 11) is 1.30. The summed E-state index contributed by atoms with van der Waals surface area (Å²) in [6.45, 7) is 1.73. The highest BCUT2D eigenvalue weighted by Crippen LogP contribution is 2.30. The van der Waals surface area contributed by atoms with E-state index >= 15 is 0 Å². The van der Waals surface area contributed by atoms with Gasteiger partial charge in [-0.1, -0.05) is 6.07 Å². The van der Waals surface area contributed by atoms with Gasteiger partial charge in [0, 0.05) is 24.7 Å². The standard InChI is InChI=1S/C19H18F2N2O5/c1-3-28-19(25)17-13-6-7-22(9-11-4-5-12(20)8-14(11)21)18(24)16(13)15(27-2)10-23(17)26/h4-5,8,10H,3,6-7,9H2,1-2H3. The second kappa shape index (κ2) is 7.79. The molecule has 0 spiro atoms. The molecule has 0 aliphatic carbocycles. The molecule has 1 aromatic carbocycles. The molecule has 1 aliphatic heterocycles. The molecule has 7 nitrogen and oxygen atoms in total. The van der Waals surface area contributed by atoms with Crippen LogP contribution in [-0.2, 0) is 17.7 Å². The maximum absolute atomic E-state index is 14.0. The van der Waals surface area contributed by atoms with Crippen molar-refractivity contribution in [2.45, 2.75) is 19.9 Å². The fraction of sp³-hybridized carbons (Fsp3) is 0.316. The summed E-state index contributed by atoms with van der Waals surface area (Å²) in [6.07, 6.45) is 1.17. The fourth-order valence-corrected chi connectivity index (χ4v) is 3.19. The van der Waals surface area contributed by atoms with E-state index in [0.717, 1.165) is 18.3 Å². The summed E-state index contributed by atoms with van der Waals surface area (Å²) >= 11 is 0. The Kier molecular flexibility index (Phi) is 5.43. The van der Waals surface area contributed by atoms with Crippen LogP contribution >= 0.6 is 0 Å². The zero-order valence-corrected chi connectivity index (χ0v) is 15.3. The minimum Gasteiger partial charge on any atom is -0.618 e. The topological polar surface area (TPSA) is 82.8 Å². The first-order valence-electron chi connectivity index (χ1n) is 8.60. The second-order valence-corrected chi connectivity index (χ2v) is 6.16. The molecular weight excluding hydrogens is 374 g/mol. The Morgan fingerprint density at radius 1 is 1.36 bits per heavy atom. The number of methoxy groups -OCH3 is 1. The monoisotopic (exact) mass is 392 g/mol. The van der Waals surface area contributed by atoms with Crippen LogP contribution in [0.1, 0.15) is 38.9 Å². The van der Waals surface area contributed by atoms with Gasteiger partial charge in [-0.15, -0.1) is 0 Å². The van der Waals surface area contributed by atoms with E-state index in [4.69, 9.17) is 9.47 Å². The first-order valence-corrected chi connectivity index (χ1v) is 8.60. The van der Waals surface area contributed by atoms with Gasteiger partial charge in [-0.2, -0.15) is 4.73 Å². The Bertz CT molecular complexity index is 948. The number of benzene rings is 1. The van der Waals surface area contributed by atoms with Gasteiger partial charge in [0.25, 0.3) is 5.91 Å².